The average molecular weight is 280 g/mol. The molecule has 0 fully saturated rings. The number of hydrogen-bond donors (Lipinski definition) is 0. The topological polar surface area (TPSA) is 0 Å². The Kier molecular flexibility index (Phi) is 7.53. The second-order valence-electron chi connectivity index (χ2n) is 5.27. The van der Waals surface area contributed by atoms with Crippen LogP contribution in [0.5, 0.6) is 0 Å². The maximum Gasteiger partial charge on any atom is -0.0130 e. The zero-order valence-electron chi connectivity index (χ0n) is 13.7. The number of hydrogen-bond acceptors (Lipinski definition) is 0. The minimum atomic E-state index is 0.586. The van der Waals surface area contributed by atoms with E-state index in [1.807, 2.05) is 26.0 Å². The van der Waals surface area contributed by atoms with Crippen molar-refractivity contribution in [1.29, 1.82) is 0 Å². The molecule has 1 unspecified atom stereocenters. The molecule has 21 heavy (non-hydrogen) atoms. The maximum atomic E-state index is 4.26. The van der Waals surface area contributed by atoms with Gasteiger partial charge in [0.05, 0.1) is 0 Å². The van der Waals surface area contributed by atoms with E-state index in [0.717, 1.165) is 12.0 Å². The predicted octanol–water partition coefficient (Wildman–Crippen LogP) is 6.58. The zero-order chi connectivity index (χ0) is 15.7. The van der Waals surface area contributed by atoms with Crippen LogP contribution in [-0.4, -0.2) is 0 Å². The highest BCUT2D eigenvalue weighted by atomic mass is 14.2. The molecule has 0 saturated carbocycles. The summed E-state index contributed by atoms with van der Waals surface area (Å²) >= 11 is 0. The molecule has 0 spiro atoms. The first kappa shape index (κ1) is 17.2. The summed E-state index contributed by atoms with van der Waals surface area (Å²) in [5.41, 5.74) is 5.11. The number of allylic oxidation sites excluding steroid dienone is 6. The molecule has 0 N–H and O–H groups in total. The van der Waals surface area contributed by atoms with Gasteiger partial charge in [-0.2, -0.15) is 0 Å². The third-order valence-corrected chi connectivity index (χ3v) is 3.83. The van der Waals surface area contributed by atoms with E-state index in [4.69, 9.17) is 0 Å². The van der Waals surface area contributed by atoms with Crippen molar-refractivity contribution in [3.05, 3.63) is 78.4 Å². The van der Waals surface area contributed by atoms with Crippen LogP contribution in [0.2, 0.25) is 0 Å². The van der Waals surface area contributed by atoms with Crippen molar-refractivity contribution in [2.75, 3.05) is 0 Å². The fourth-order valence-corrected chi connectivity index (χ4v) is 2.51. The van der Waals surface area contributed by atoms with E-state index in [2.05, 4.69) is 56.5 Å². The first-order chi connectivity index (χ1) is 10.2. The van der Waals surface area contributed by atoms with Gasteiger partial charge in [0.15, 0.2) is 0 Å². The average Bonchev–Trinajstić information content (AvgIpc) is 2.55. The second-order valence-corrected chi connectivity index (χ2v) is 5.27. The molecule has 0 bridgehead atoms. The largest absolute Gasteiger partial charge is 0.0984 e. The lowest BCUT2D eigenvalue weighted by Gasteiger charge is -2.21. The highest BCUT2D eigenvalue weighted by Gasteiger charge is 2.14. The Morgan fingerprint density at radius 3 is 2.38 bits per heavy atom. The maximum absolute atomic E-state index is 4.26. The predicted molar refractivity (Wildman–Crippen MR) is 96.2 cm³/mol. The van der Waals surface area contributed by atoms with Gasteiger partial charge in [-0.1, -0.05) is 86.7 Å². The summed E-state index contributed by atoms with van der Waals surface area (Å²) in [6.45, 7) is 14.4. The Morgan fingerprint density at radius 1 is 1.19 bits per heavy atom. The van der Waals surface area contributed by atoms with Crippen LogP contribution in [-0.2, 0) is 0 Å². The molecule has 1 aromatic carbocycles. The van der Waals surface area contributed by atoms with Crippen molar-refractivity contribution in [2.45, 2.75) is 40.0 Å². The van der Waals surface area contributed by atoms with Gasteiger partial charge < -0.3 is 0 Å². The molecule has 112 valence electrons. The summed E-state index contributed by atoms with van der Waals surface area (Å²) in [5.74, 6) is 0.586. The Hall–Kier alpha value is -1.82. The van der Waals surface area contributed by atoms with Crippen LogP contribution in [0.1, 0.15) is 45.6 Å². The third-order valence-electron chi connectivity index (χ3n) is 3.83. The van der Waals surface area contributed by atoms with Gasteiger partial charge in [-0.3, -0.25) is 0 Å². The van der Waals surface area contributed by atoms with Crippen molar-refractivity contribution < 1.29 is 0 Å². The minimum Gasteiger partial charge on any atom is -0.0984 e. The summed E-state index contributed by atoms with van der Waals surface area (Å²) in [7, 11) is 0. The monoisotopic (exact) mass is 280 g/mol. The molecule has 0 aromatic heterocycles. The lowest BCUT2D eigenvalue weighted by Crippen LogP contribution is -2.06. The molecule has 0 aliphatic heterocycles. The summed E-state index contributed by atoms with van der Waals surface area (Å²) in [6, 6.07) is 10.4. The van der Waals surface area contributed by atoms with Crippen LogP contribution >= 0.6 is 0 Å². The van der Waals surface area contributed by atoms with Crippen LogP contribution in [0.4, 0.5) is 0 Å². The number of benzene rings is 1. The van der Waals surface area contributed by atoms with Crippen molar-refractivity contribution in [3.63, 3.8) is 0 Å². The minimum absolute atomic E-state index is 0.586. The van der Waals surface area contributed by atoms with Crippen LogP contribution < -0.4 is 0 Å². The third kappa shape index (κ3) is 5.23. The van der Waals surface area contributed by atoms with E-state index >= 15 is 0 Å². The van der Waals surface area contributed by atoms with E-state index in [9.17, 15) is 0 Å². The van der Waals surface area contributed by atoms with Gasteiger partial charge >= 0.3 is 0 Å². The first-order valence-corrected chi connectivity index (χ1v) is 7.94. The molecule has 0 radical (unpaired) electrons. The second kappa shape index (κ2) is 9.18. The molecule has 0 amide bonds. The molecular formula is C21H28. The van der Waals surface area contributed by atoms with Crippen molar-refractivity contribution in [2.24, 2.45) is 5.92 Å². The van der Waals surface area contributed by atoms with Gasteiger partial charge in [-0.05, 0) is 43.2 Å². The SMILES string of the molecule is C=C/C(=C\C(=C)C1CC=C(C)CC1)c1ccccc1.CC. The first-order valence-electron chi connectivity index (χ1n) is 7.94. The van der Waals surface area contributed by atoms with Crippen molar-refractivity contribution in [1.82, 2.24) is 0 Å². The normalized spacial score (nSPS) is 18.1. The molecule has 0 heteroatoms. The quantitative estimate of drug-likeness (QED) is 0.431. The Bertz CT molecular complexity index is 514. The molecule has 1 aromatic rings. The van der Waals surface area contributed by atoms with E-state index in [1.54, 1.807) is 0 Å². The van der Waals surface area contributed by atoms with E-state index in [-0.39, 0.29) is 0 Å². The lowest BCUT2D eigenvalue weighted by atomic mass is 9.84. The standard InChI is InChI=1S/C19H22.C2H6/c1-4-17(19-8-6-5-7-9-19)14-16(3)18-12-10-15(2)11-13-18;1-2/h4-10,14,18H,1,3,11-13H2,2H3;1-2H3/b17-14+;. The Morgan fingerprint density at radius 2 is 1.86 bits per heavy atom. The summed E-state index contributed by atoms with van der Waals surface area (Å²) in [6.07, 6.45) is 10.0. The molecular weight excluding hydrogens is 252 g/mol. The van der Waals surface area contributed by atoms with Crippen LogP contribution in [0.15, 0.2) is 72.9 Å². The lowest BCUT2D eigenvalue weighted by molar-refractivity contribution is 0.550. The fraction of sp³-hybridized carbons (Fsp3) is 0.333. The fourth-order valence-electron chi connectivity index (χ4n) is 2.51. The van der Waals surface area contributed by atoms with Crippen LogP contribution in [0.25, 0.3) is 5.57 Å². The zero-order valence-corrected chi connectivity index (χ0v) is 13.7. The summed E-state index contributed by atoms with van der Waals surface area (Å²) in [4.78, 5) is 0. The molecule has 0 heterocycles. The van der Waals surface area contributed by atoms with Crippen molar-refractivity contribution >= 4 is 5.57 Å². The van der Waals surface area contributed by atoms with Gasteiger partial charge in [-0.25, -0.2) is 0 Å². The summed E-state index contributed by atoms with van der Waals surface area (Å²) in [5, 5.41) is 0. The molecule has 0 saturated heterocycles. The summed E-state index contributed by atoms with van der Waals surface area (Å²) < 4.78 is 0. The van der Waals surface area contributed by atoms with Gasteiger partial charge in [0.2, 0.25) is 0 Å². The van der Waals surface area contributed by atoms with Gasteiger partial charge in [-0.15, -0.1) is 0 Å². The molecule has 0 nitrogen and oxygen atoms in total. The molecule has 1 atom stereocenters. The molecule has 2 rings (SSSR count). The van der Waals surface area contributed by atoms with Gasteiger partial charge in [0.1, 0.15) is 0 Å². The smallest absolute Gasteiger partial charge is 0.0130 e. The van der Waals surface area contributed by atoms with Crippen LogP contribution in [0.3, 0.4) is 0 Å². The van der Waals surface area contributed by atoms with E-state index in [0.29, 0.717) is 5.92 Å². The van der Waals surface area contributed by atoms with Gasteiger partial charge in [0, 0.05) is 0 Å². The molecule has 1 aliphatic carbocycles. The van der Waals surface area contributed by atoms with E-state index in [1.165, 1.54) is 29.6 Å². The van der Waals surface area contributed by atoms with Gasteiger partial charge in [0.25, 0.3) is 0 Å². The van der Waals surface area contributed by atoms with Crippen LogP contribution in [0, 0.1) is 5.92 Å². The highest BCUT2D eigenvalue weighted by molar-refractivity contribution is 5.75. The highest BCUT2D eigenvalue weighted by Crippen LogP contribution is 2.30. The molecule has 1 aliphatic rings. The van der Waals surface area contributed by atoms with Crippen molar-refractivity contribution in [3.8, 4) is 0 Å². The Labute approximate surface area is 130 Å². The van der Waals surface area contributed by atoms with E-state index < -0.39 is 0 Å². The number of rotatable bonds is 4. The Balaban J connectivity index is 0.00000106.